The number of ether oxygens (including phenoxy) is 1. The first kappa shape index (κ1) is 15.5. The van der Waals surface area contributed by atoms with Crippen molar-refractivity contribution >= 4 is 27.6 Å². The van der Waals surface area contributed by atoms with Crippen molar-refractivity contribution in [2.45, 2.75) is 26.5 Å². The van der Waals surface area contributed by atoms with Crippen LogP contribution in [-0.4, -0.2) is 17.1 Å². The molecule has 0 fully saturated rings. The van der Waals surface area contributed by atoms with E-state index in [4.69, 9.17) is 4.74 Å². The number of rotatable bonds is 5. The second kappa shape index (κ2) is 7.22. The predicted molar refractivity (Wildman–Crippen MR) is 86.3 cm³/mol. The fourth-order valence-corrected chi connectivity index (χ4v) is 2.13. The summed E-state index contributed by atoms with van der Waals surface area (Å²) in [4.78, 5) is 16.1. The molecule has 0 radical (unpaired) electrons. The molecule has 0 saturated heterocycles. The first-order valence-electron chi connectivity index (χ1n) is 6.71. The Balaban J connectivity index is 1.95. The highest BCUT2D eigenvalue weighted by molar-refractivity contribution is 9.10. The van der Waals surface area contributed by atoms with Crippen molar-refractivity contribution in [1.29, 1.82) is 0 Å². The van der Waals surface area contributed by atoms with Crippen molar-refractivity contribution < 1.29 is 9.53 Å². The topological polar surface area (TPSA) is 51.2 Å². The zero-order valence-corrected chi connectivity index (χ0v) is 13.6. The zero-order chi connectivity index (χ0) is 15.2. The van der Waals surface area contributed by atoms with Crippen molar-refractivity contribution in [1.82, 2.24) is 4.98 Å². The Morgan fingerprint density at radius 1 is 1.24 bits per heavy atom. The Bertz CT molecular complexity index is 612. The maximum Gasteiger partial charge on any atom is 0.338 e. The van der Waals surface area contributed by atoms with Gasteiger partial charge >= 0.3 is 5.97 Å². The van der Waals surface area contributed by atoms with Crippen molar-refractivity contribution in [3.8, 4) is 0 Å². The van der Waals surface area contributed by atoms with Gasteiger partial charge in [-0.15, -0.1) is 0 Å². The summed E-state index contributed by atoms with van der Waals surface area (Å²) >= 11 is 3.34. The highest BCUT2D eigenvalue weighted by Crippen LogP contribution is 2.13. The average Bonchev–Trinajstić information content (AvgIpc) is 2.45. The van der Waals surface area contributed by atoms with E-state index in [2.05, 4.69) is 26.2 Å². The van der Waals surface area contributed by atoms with E-state index in [1.165, 1.54) is 0 Å². The van der Waals surface area contributed by atoms with Gasteiger partial charge in [0.15, 0.2) is 0 Å². The Kier molecular flexibility index (Phi) is 5.33. The largest absolute Gasteiger partial charge is 0.459 e. The minimum Gasteiger partial charge on any atom is -0.459 e. The van der Waals surface area contributed by atoms with Crippen LogP contribution in [0.2, 0.25) is 0 Å². The Labute approximate surface area is 132 Å². The minimum absolute atomic E-state index is 0.113. The lowest BCUT2D eigenvalue weighted by Gasteiger charge is -2.09. The number of nitrogens with zero attached hydrogens (tertiary/aromatic N) is 1. The normalized spacial score (nSPS) is 10.5. The molecule has 0 saturated carbocycles. The van der Waals surface area contributed by atoms with Crippen molar-refractivity contribution in [2.75, 3.05) is 5.32 Å². The molecule has 0 aliphatic heterocycles. The van der Waals surface area contributed by atoms with E-state index in [1.807, 2.05) is 44.2 Å². The summed E-state index contributed by atoms with van der Waals surface area (Å²) in [6, 6.07) is 13.0. The van der Waals surface area contributed by atoms with E-state index in [0.717, 1.165) is 16.0 Å². The van der Waals surface area contributed by atoms with Crippen LogP contribution in [0.4, 0.5) is 5.69 Å². The maximum absolute atomic E-state index is 11.7. The fourth-order valence-electron chi connectivity index (χ4n) is 1.75. The molecule has 1 aromatic carbocycles. The molecule has 1 aromatic heterocycles. The molecular formula is C16H17BrN2O2. The number of halogens is 1. The van der Waals surface area contributed by atoms with Crippen molar-refractivity contribution in [2.24, 2.45) is 0 Å². The molecule has 0 unspecified atom stereocenters. The summed E-state index contributed by atoms with van der Waals surface area (Å²) in [7, 11) is 0. The van der Waals surface area contributed by atoms with Crippen LogP contribution in [0.5, 0.6) is 0 Å². The number of carbonyl (C=O) groups is 1. The van der Waals surface area contributed by atoms with Gasteiger partial charge in [0.2, 0.25) is 0 Å². The Morgan fingerprint density at radius 3 is 2.57 bits per heavy atom. The Morgan fingerprint density at radius 2 is 1.95 bits per heavy atom. The van der Waals surface area contributed by atoms with Gasteiger partial charge in [-0.1, -0.05) is 6.07 Å². The van der Waals surface area contributed by atoms with Gasteiger partial charge in [-0.25, -0.2) is 9.78 Å². The van der Waals surface area contributed by atoms with E-state index >= 15 is 0 Å². The smallest absolute Gasteiger partial charge is 0.338 e. The summed E-state index contributed by atoms with van der Waals surface area (Å²) in [6.07, 6.45) is -0.113. The SMILES string of the molecule is CC(C)OC(=O)c1ccc(NCc2cccc(Br)n2)cc1. The van der Waals surface area contributed by atoms with Gasteiger partial charge in [0, 0.05) is 5.69 Å². The van der Waals surface area contributed by atoms with Crippen LogP contribution in [0, 0.1) is 0 Å². The monoisotopic (exact) mass is 348 g/mol. The molecule has 110 valence electrons. The van der Waals surface area contributed by atoms with Gasteiger partial charge in [-0.05, 0) is 66.2 Å². The lowest BCUT2D eigenvalue weighted by Crippen LogP contribution is -2.11. The van der Waals surface area contributed by atoms with Crippen LogP contribution in [0.1, 0.15) is 29.9 Å². The summed E-state index contributed by atoms with van der Waals surface area (Å²) in [5.74, 6) is -0.301. The summed E-state index contributed by atoms with van der Waals surface area (Å²) in [6.45, 7) is 4.28. The molecule has 0 amide bonds. The number of benzene rings is 1. The quantitative estimate of drug-likeness (QED) is 0.654. The fraction of sp³-hybridized carbons (Fsp3) is 0.250. The van der Waals surface area contributed by atoms with Crippen LogP contribution in [0.15, 0.2) is 47.1 Å². The van der Waals surface area contributed by atoms with Gasteiger partial charge in [0.25, 0.3) is 0 Å². The third-order valence-corrected chi connectivity index (χ3v) is 3.15. The van der Waals surface area contributed by atoms with Crippen LogP contribution < -0.4 is 5.32 Å². The molecule has 0 spiro atoms. The first-order valence-corrected chi connectivity index (χ1v) is 7.50. The van der Waals surface area contributed by atoms with Crippen LogP contribution in [0.25, 0.3) is 0 Å². The molecule has 2 rings (SSSR count). The molecule has 0 aliphatic carbocycles. The highest BCUT2D eigenvalue weighted by Gasteiger charge is 2.08. The molecule has 2 aromatic rings. The number of pyridine rings is 1. The molecule has 1 heterocycles. The summed E-state index contributed by atoms with van der Waals surface area (Å²) < 4.78 is 5.96. The lowest BCUT2D eigenvalue weighted by atomic mass is 10.2. The molecule has 1 N–H and O–H groups in total. The molecule has 4 nitrogen and oxygen atoms in total. The van der Waals surface area contributed by atoms with E-state index in [0.29, 0.717) is 12.1 Å². The predicted octanol–water partition coefficient (Wildman–Crippen LogP) is 4.02. The molecule has 21 heavy (non-hydrogen) atoms. The maximum atomic E-state index is 11.7. The molecule has 0 bridgehead atoms. The van der Waals surface area contributed by atoms with Crippen molar-refractivity contribution in [3.05, 3.63) is 58.3 Å². The molecule has 0 atom stereocenters. The Hall–Kier alpha value is -1.88. The van der Waals surface area contributed by atoms with E-state index < -0.39 is 0 Å². The number of hydrogen-bond acceptors (Lipinski definition) is 4. The van der Waals surface area contributed by atoms with E-state index in [1.54, 1.807) is 12.1 Å². The lowest BCUT2D eigenvalue weighted by molar-refractivity contribution is 0.0378. The standard InChI is InChI=1S/C16H17BrN2O2/c1-11(2)21-16(20)12-6-8-13(9-7-12)18-10-14-4-3-5-15(17)19-14/h3-9,11,18H,10H2,1-2H3. The highest BCUT2D eigenvalue weighted by atomic mass is 79.9. The average molecular weight is 349 g/mol. The minimum atomic E-state index is -0.301. The third kappa shape index (κ3) is 4.86. The summed E-state index contributed by atoms with van der Waals surface area (Å²) in [5, 5.41) is 3.26. The van der Waals surface area contributed by atoms with E-state index in [9.17, 15) is 4.79 Å². The number of hydrogen-bond donors (Lipinski definition) is 1. The summed E-state index contributed by atoms with van der Waals surface area (Å²) in [5.41, 5.74) is 2.42. The van der Waals surface area contributed by atoms with Crippen molar-refractivity contribution in [3.63, 3.8) is 0 Å². The zero-order valence-electron chi connectivity index (χ0n) is 12.0. The molecular weight excluding hydrogens is 332 g/mol. The number of anilines is 1. The van der Waals surface area contributed by atoms with Crippen LogP contribution in [-0.2, 0) is 11.3 Å². The van der Waals surface area contributed by atoms with Gasteiger partial charge in [0.05, 0.1) is 23.9 Å². The van der Waals surface area contributed by atoms with E-state index in [-0.39, 0.29) is 12.1 Å². The molecule has 0 aliphatic rings. The second-order valence-corrected chi connectivity index (χ2v) is 5.65. The second-order valence-electron chi connectivity index (χ2n) is 4.84. The number of carbonyl (C=O) groups excluding carboxylic acids is 1. The number of nitrogens with one attached hydrogen (secondary N) is 1. The third-order valence-electron chi connectivity index (χ3n) is 2.71. The van der Waals surface area contributed by atoms with Crippen LogP contribution in [0.3, 0.4) is 0 Å². The number of esters is 1. The van der Waals surface area contributed by atoms with Gasteiger partial charge in [-0.3, -0.25) is 0 Å². The first-order chi connectivity index (χ1) is 10.0. The number of aromatic nitrogens is 1. The van der Waals surface area contributed by atoms with Gasteiger partial charge < -0.3 is 10.1 Å². The van der Waals surface area contributed by atoms with Crippen LogP contribution >= 0.6 is 15.9 Å². The molecule has 5 heteroatoms. The van der Waals surface area contributed by atoms with Gasteiger partial charge in [-0.2, -0.15) is 0 Å². The van der Waals surface area contributed by atoms with Gasteiger partial charge in [0.1, 0.15) is 4.60 Å².